The largest absolute Gasteiger partial charge is 0.497 e. The third kappa shape index (κ3) is 5.00. The number of carbonyl (C=O) groups is 1. The molecule has 8 heteroatoms. The van der Waals surface area contributed by atoms with E-state index in [2.05, 4.69) is 15.5 Å². The Bertz CT molecular complexity index is 883. The maximum Gasteiger partial charge on any atom is 0.236 e. The maximum absolute atomic E-state index is 12.0. The van der Waals surface area contributed by atoms with Crippen LogP contribution in [0.25, 0.3) is 11.4 Å². The molecule has 0 radical (unpaired) electrons. The predicted molar refractivity (Wildman–Crippen MR) is 103 cm³/mol. The van der Waals surface area contributed by atoms with E-state index in [1.54, 1.807) is 25.3 Å². The molecule has 6 nitrogen and oxygen atoms in total. The SMILES string of the molecule is COc1cccc(NC(=O)CSCc2nc(-c3ccc(Cl)cc3)no2)c1. The van der Waals surface area contributed by atoms with Gasteiger partial charge in [0.15, 0.2) is 0 Å². The Balaban J connectivity index is 1.48. The molecular formula is C18H16ClN3O3S. The van der Waals surface area contributed by atoms with E-state index in [0.29, 0.717) is 33.9 Å². The van der Waals surface area contributed by atoms with Gasteiger partial charge in [-0.15, -0.1) is 11.8 Å². The smallest absolute Gasteiger partial charge is 0.236 e. The van der Waals surface area contributed by atoms with Gasteiger partial charge in [0.05, 0.1) is 18.6 Å². The van der Waals surface area contributed by atoms with Crippen LogP contribution in [0.1, 0.15) is 5.89 Å². The quantitative estimate of drug-likeness (QED) is 0.650. The fraction of sp³-hybridized carbons (Fsp3) is 0.167. The van der Waals surface area contributed by atoms with E-state index in [0.717, 1.165) is 5.56 Å². The number of hydrogen-bond acceptors (Lipinski definition) is 6. The van der Waals surface area contributed by atoms with Crippen molar-refractivity contribution < 1.29 is 14.1 Å². The number of hydrogen-bond donors (Lipinski definition) is 1. The van der Waals surface area contributed by atoms with E-state index in [1.807, 2.05) is 30.3 Å². The minimum Gasteiger partial charge on any atom is -0.497 e. The third-order valence-corrected chi connectivity index (χ3v) is 4.55. The number of rotatable bonds is 7. The number of anilines is 1. The molecule has 1 heterocycles. The summed E-state index contributed by atoms with van der Waals surface area (Å²) in [6.07, 6.45) is 0. The normalized spacial score (nSPS) is 10.5. The first-order chi connectivity index (χ1) is 12.6. The van der Waals surface area contributed by atoms with E-state index < -0.39 is 0 Å². The summed E-state index contributed by atoms with van der Waals surface area (Å²) in [7, 11) is 1.58. The summed E-state index contributed by atoms with van der Waals surface area (Å²) in [6.45, 7) is 0. The van der Waals surface area contributed by atoms with Crippen molar-refractivity contribution in [2.45, 2.75) is 5.75 Å². The van der Waals surface area contributed by atoms with E-state index >= 15 is 0 Å². The van der Waals surface area contributed by atoms with Gasteiger partial charge >= 0.3 is 0 Å². The van der Waals surface area contributed by atoms with Crippen molar-refractivity contribution in [2.75, 3.05) is 18.2 Å². The summed E-state index contributed by atoms with van der Waals surface area (Å²) < 4.78 is 10.3. The predicted octanol–water partition coefficient (Wildman–Crippen LogP) is 4.27. The van der Waals surface area contributed by atoms with Gasteiger partial charge in [0.2, 0.25) is 17.6 Å². The molecule has 1 aromatic heterocycles. The van der Waals surface area contributed by atoms with Crippen LogP contribution in [0.4, 0.5) is 5.69 Å². The van der Waals surface area contributed by atoms with Crippen molar-refractivity contribution in [3.63, 3.8) is 0 Å². The molecule has 3 rings (SSSR count). The van der Waals surface area contributed by atoms with Crippen molar-refractivity contribution in [1.82, 2.24) is 10.1 Å². The highest BCUT2D eigenvalue weighted by atomic mass is 35.5. The average Bonchev–Trinajstić information content (AvgIpc) is 3.11. The number of ether oxygens (including phenoxy) is 1. The van der Waals surface area contributed by atoms with Crippen LogP contribution in [0, 0.1) is 0 Å². The second-order valence-corrected chi connectivity index (χ2v) is 6.71. The van der Waals surface area contributed by atoms with Crippen LogP contribution in [0.5, 0.6) is 5.75 Å². The Morgan fingerprint density at radius 1 is 1.27 bits per heavy atom. The number of carbonyl (C=O) groups excluding carboxylic acids is 1. The van der Waals surface area contributed by atoms with E-state index in [4.69, 9.17) is 20.9 Å². The van der Waals surface area contributed by atoms with Crippen LogP contribution in [0.3, 0.4) is 0 Å². The number of thioether (sulfide) groups is 1. The summed E-state index contributed by atoms with van der Waals surface area (Å²) in [6, 6.07) is 14.4. The average molecular weight is 390 g/mol. The van der Waals surface area contributed by atoms with Crippen molar-refractivity contribution in [2.24, 2.45) is 0 Å². The van der Waals surface area contributed by atoms with E-state index in [-0.39, 0.29) is 11.7 Å². The lowest BCUT2D eigenvalue weighted by Crippen LogP contribution is -2.14. The van der Waals surface area contributed by atoms with Crippen LogP contribution >= 0.6 is 23.4 Å². The number of nitrogens with one attached hydrogen (secondary N) is 1. The van der Waals surface area contributed by atoms with Crippen LogP contribution in [-0.4, -0.2) is 28.9 Å². The Labute approximate surface area is 159 Å². The van der Waals surface area contributed by atoms with Crippen LogP contribution in [0.15, 0.2) is 53.1 Å². The standard InChI is InChI=1S/C18H16ClN3O3S/c1-24-15-4-2-3-14(9-15)20-16(23)10-26-11-17-21-18(22-25-17)12-5-7-13(19)8-6-12/h2-9H,10-11H2,1H3,(H,20,23). The molecule has 3 aromatic rings. The molecule has 26 heavy (non-hydrogen) atoms. The topological polar surface area (TPSA) is 77.2 Å². The number of nitrogens with zero attached hydrogens (tertiary/aromatic N) is 2. The number of aromatic nitrogens is 2. The lowest BCUT2D eigenvalue weighted by molar-refractivity contribution is -0.113. The minimum atomic E-state index is -0.110. The Morgan fingerprint density at radius 3 is 2.85 bits per heavy atom. The first kappa shape index (κ1) is 18.3. The van der Waals surface area contributed by atoms with Crippen molar-refractivity contribution in [1.29, 1.82) is 0 Å². The number of amides is 1. The highest BCUT2D eigenvalue weighted by Crippen LogP contribution is 2.21. The van der Waals surface area contributed by atoms with Gasteiger partial charge in [-0.3, -0.25) is 4.79 Å². The molecule has 0 aliphatic heterocycles. The summed E-state index contributed by atoms with van der Waals surface area (Å²) in [5.41, 5.74) is 1.52. The van der Waals surface area contributed by atoms with Gasteiger partial charge in [0.25, 0.3) is 0 Å². The summed E-state index contributed by atoms with van der Waals surface area (Å²) >= 11 is 7.26. The molecular weight excluding hydrogens is 374 g/mol. The highest BCUT2D eigenvalue weighted by Gasteiger charge is 2.10. The Kier molecular flexibility index (Phi) is 6.14. The summed E-state index contributed by atoms with van der Waals surface area (Å²) in [5, 5.41) is 7.41. The Morgan fingerprint density at radius 2 is 2.08 bits per heavy atom. The molecule has 1 amide bonds. The first-order valence-corrected chi connectivity index (χ1v) is 9.27. The van der Waals surface area contributed by atoms with Crippen molar-refractivity contribution >= 4 is 35.0 Å². The highest BCUT2D eigenvalue weighted by molar-refractivity contribution is 7.99. The molecule has 0 unspecified atom stereocenters. The number of halogens is 1. The molecule has 0 atom stereocenters. The second-order valence-electron chi connectivity index (χ2n) is 5.29. The lowest BCUT2D eigenvalue weighted by Gasteiger charge is -2.06. The van der Waals surface area contributed by atoms with Gasteiger partial charge in [-0.1, -0.05) is 22.8 Å². The molecule has 0 fully saturated rings. The van der Waals surface area contributed by atoms with Gasteiger partial charge in [-0.25, -0.2) is 0 Å². The minimum absolute atomic E-state index is 0.110. The molecule has 0 aliphatic carbocycles. The number of benzene rings is 2. The molecule has 0 bridgehead atoms. The fourth-order valence-electron chi connectivity index (χ4n) is 2.16. The zero-order chi connectivity index (χ0) is 18.4. The van der Waals surface area contributed by atoms with Gasteiger partial charge < -0.3 is 14.6 Å². The van der Waals surface area contributed by atoms with Crippen LogP contribution in [-0.2, 0) is 10.5 Å². The fourth-order valence-corrected chi connectivity index (χ4v) is 2.94. The van der Waals surface area contributed by atoms with Gasteiger partial charge in [0.1, 0.15) is 5.75 Å². The van der Waals surface area contributed by atoms with E-state index in [9.17, 15) is 4.79 Å². The van der Waals surface area contributed by atoms with Crippen molar-refractivity contribution in [3.8, 4) is 17.1 Å². The Hall–Kier alpha value is -2.51. The van der Waals surface area contributed by atoms with Crippen molar-refractivity contribution in [3.05, 3.63) is 59.4 Å². The molecule has 0 saturated carbocycles. The van der Waals surface area contributed by atoms with Gasteiger partial charge in [-0.2, -0.15) is 4.98 Å². The molecule has 0 spiro atoms. The summed E-state index contributed by atoms with van der Waals surface area (Å²) in [4.78, 5) is 16.3. The molecule has 0 saturated heterocycles. The zero-order valence-electron chi connectivity index (χ0n) is 13.9. The van der Waals surface area contributed by atoms with Gasteiger partial charge in [-0.05, 0) is 36.4 Å². The summed E-state index contributed by atoms with van der Waals surface area (Å²) in [5.74, 6) is 2.27. The van der Waals surface area contributed by atoms with Crippen LogP contribution in [0.2, 0.25) is 5.02 Å². The number of methoxy groups -OCH3 is 1. The van der Waals surface area contributed by atoms with E-state index in [1.165, 1.54) is 11.8 Å². The molecule has 134 valence electrons. The lowest BCUT2D eigenvalue weighted by atomic mass is 10.2. The molecule has 1 N–H and O–H groups in total. The zero-order valence-corrected chi connectivity index (χ0v) is 15.5. The molecule has 2 aromatic carbocycles. The second kappa shape index (κ2) is 8.73. The maximum atomic E-state index is 12.0. The third-order valence-electron chi connectivity index (χ3n) is 3.38. The van der Waals surface area contributed by atoms with Crippen LogP contribution < -0.4 is 10.1 Å². The monoisotopic (exact) mass is 389 g/mol. The first-order valence-electron chi connectivity index (χ1n) is 7.74. The molecule has 0 aliphatic rings. The van der Waals surface area contributed by atoms with Gasteiger partial charge in [0, 0.05) is 22.3 Å².